The van der Waals surface area contributed by atoms with Gasteiger partial charge in [-0.3, -0.25) is 10.1 Å². The van der Waals surface area contributed by atoms with Gasteiger partial charge in [0.1, 0.15) is 0 Å². The molecule has 0 unspecified atom stereocenters. The zero-order chi connectivity index (χ0) is 16.4. The molecule has 0 spiro atoms. The van der Waals surface area contributed by atoms with Crippen LogP contribution in [0.5, 0.6) is 0 Å². The molecular formula is C17H12Cl2N2OS. The monoisotopic (exact) mass is 362 g/mol. The van der Waals surface area contributed by atoms with Crippen molar-refractivity contribution >= 4 is 45.6 Å². The number of nitrogens with zero attached hydrogens (tertiary/aromatic N) is 1. The van der Waals surface area contributed by atoms with E-state index in [1.807, 2.05) is 24.4 Å². The van der Waals surface area contributed by atoms with Gasteiger partial charge in [-0.25, -0.2) is 4.98 Å². The summed E-state index contributed by atoms with van der Waals surface area (Å²) in [4.78, 5) is 16.6. The summed E-state index contributed by atoms with van der Waals surface area (Å²) < 4.78 is 0. The molecule has 0 fully saturated rings. The summed E-state index contributed by atoms with van der Waals surface area (Å²) in [6.07, 6.45) is 0. The Labute approximate surface area is 147 Å². The van der Waals surface area contributed by atoms with Crippen LogP contribution >= 0.6 is 34.5 Å². The minimum absolute atomic E-state index is 0.192. The topological polar surface area (TPSA) is 42.0 Å². The van der Waals surface area contributed by atoms with E-state index >= 15 is 0 Å². The quantitative estimate of drug-likeness (QED) is 0.651. The molecular weight excluding hydrogens is 351 g/mol. The van der Waals surface area contributed by atoms with E-state index in [0.29, 0.717) is 26.4 Å². The molecule has 6 heteroatoms. The van der Waals surface area contributed by atoms with E-state index in [-0.39, 0.29) is 5.91 Å². The Morgan fingerprint density at radius 1 is 1.13 bits per heavy atom. The SMILES string of the molecule is Cc1ccc(C(=O)Nc2nc(-c3cc(Cl)ccc3Cl)cs2)cc1. The maximum Gasteiger partial charge on any atom is 0.257 e. The minimum Gasteiger partial charge on any atom is -0.298 e. The van der Waals surface area contributed by atoms with Gasteiger partial charge in [0.2, 0.25) is 0 Å². The van der Waals surface area contributed by atoms with Crippen LogP contribution in [0.1, 0.15) is 15.9 Å². The molecule has 0 saturated heterocycles. The number of thiazole rings is 1. The zero-order valence-electron chi connectivity index (χ0n) is 12.1. The highest BCUT2D eigenvalue weighted by atomic mass is 35.5. The number of amides is 1. The van der Waals surface area contributed by atoms with Crippen molar-refractivity contribution in [3.63, 3.8) is 0 Å². The van der Waals surface area contributed by atoms with Gasteiger partial charge in [-0.15, -0.1) is 11.3 Å². The first-order valence-electron chi connectivity index (χ1n) is 6.82. The Morgan fingerprint density at radius 2 is 1.87 bits per heavy atom. The van der Waals surface area contributed by atoms with Crippen LogP contribution < -0.4 is 5.32 Å². The minimum atomic E-state index is -0.192. The molecule has 1 heterocycles. The fourth-order valence-electron chi connectivity index (χ4n) is 2.02. The van der Waals surface area contributed by atoms with E-state index < -0.39 is 0 Å². The predicted octanol–water partition coefficient (Wildman–Crippen LogP) is 5.68. The summed E-state index contributed by atoms with van der Waals surface area (Å²) in [5.74, 6) is -0.192. The maximum atomic E-state index is 12.2. The second-order valence-corrected chi connectivity index (χ2v) is 6.68. The van der Waals surface area contributed by atoms with Gasteiger partial charge in [0.15, 0.2) is 5.13 Å². The molecule has 0 bridgehead atoms. The Kier molecular flexibility index (Phi) is 4.66. The third-order valence-corrected chi connectivity index (χ3v) is 4.57. The largest absolute Gasteiger partial charge is 0.298 e. The summed E-state index contributed by atoms with van der Waals surface area (Å²) in [5, 5.41) is 6.30. The number of aromatic nitrogens is 1. The number of hydrogen-bond acceptors (Lipinski definition) is 3. The average Bonchev–Trinajstić information content (AvgIpc) is 2.98. The Bertz CT molecular complexity index is 859. The molecule has 23 heavy (non-hydrogen) atoms. The molecule has 0 radical (unpaired) electrons. The lowest BCUT2D eigenvalue weighted by Crippen LogP contribution is -2.11. The molecule has 3 aromatic rings. The normalized spacial score (nSPS) is 10.6. The molecule has 0 saturated carbocycles. The summed E-state index contributed by atoms with van der Waals surface area (Å²) in [7, 11) is 0. The van der Waals surface area contributed by atoms with Crippen LogP contribution in [0.3, 0.4) is 0 Å². The smallest absolute Gasteiger partial charge is 0.257 e. The first-order chi connectivity index (χ1) is 11.0. The van der Waals surface area contributed by atoms with Gasteiger partial charge in [0, 0.05) is 21.5 Å². The molecule has 1 amide bonds. The fraction of sp³-hybridized carbons (Fsp3) is 0.0588. The van der Waals surface area contributed by atoms with E-state index in [0.717, 1.165) is 11.1 Å². The standard InChI is InChI=1S/C17H12Cl2N2OS/c1-10-2-4-11(5-3-10)16(22)21-17-20-15(9-23-17)13-8-12(18)6-7-14(13)19/h2-9H,1H3,(H,20,21,22). The zero-order valence-corrected chi connectivity index (χ0v) is 14.5. The predicted molar refractivity (Wildman–Crippen MR) is 96.7 cm³/mol. The van der Waals surface area contributed by atoms with Crippen LogP contribution in [0.4, 0.5) is 5.13 Å². The highest BCUT2D eigenvalue weighted by molar-refractivity contribution is 7.14. The first kappa shape index (κ1) is 16.0. The number of hydrogen-bond donors (Lipinski definition) is 1. The number of carbonyl (C=O) groups is 1. The Hall–Kier alpha value is -1.88. The fourth-order valence-corrected chi connectivity index (χ4v) is 3.11. The van der Waals surface area contributed by atoms with Crippen molar-refractivity contribution in [2.24, 2.45) is 0 Å². The van der Waals surface area contributed by atoms with Gasteiger partial charge >= 0.3 is 0 Å². The van der Waals surface area contributed by atoms with Crippen LogP contribution in [-0.4, -0.2) is 10.9 Å². The summed E-state index contributed by atoms with van der Waals surface area (Å²) in [6, 6.07) is 12.6. The lowest BCUT2D eigenvalue weighted by atomic mass is 10.1. The number of halogens is 2. The van der Waals surface area contributed by atoms with Crippen LogP contribution in [0.2, 0.25) is 10.0 Å². The highest BCUT2D eigenvalue weighted by Crippen LogP contribution is 2.32. The third kappa shape index (κ3) is 3.72. The second-order valence-electron chi connectivity index (χ2n) is 4.98. The molecule has 0 atom stereocenters. The van der Waals surface area contributed by atoms with Gasteiger partial charge in [-0.05, 0) is 37.3 Å². The lowest BCUT2D eigenvalue weighted by Gasteiger charge is -2.03. The van der Waals surface area contributed by atoms with Crippen LogP contribution in [0, 0.1) is 6.92 Å². The molecule has 2 aromatic carbocycles. The number of carbonyl (C=O) groups excluding carboxylic acids is 1. The van der Waals surface area contributed by atoms with Crippen molar-refractivity contribution in [3.05, 3.63) is 69.0 Å². The van der Waals surface area contributed by atoms with Gasteiger partial charge in [-0.1, -0.05) is 40.9 Å². The Morgan fingerprint density at radius 3 is 2.61 bits per heavy atom. The lowest BCUT2D eigenvalue weighted by molar-refractivity contribution is 0.102. The molecule has 1 N–H and O–H groups in total. The van der Waals surface area contributed by atoms with Crippen molar-refractivity contribution in [1.29, 1.82) is 0 Å². The number of rotatable bonds is 3. The number of anilines is 1. The third-order valence-electron chi connectivity index (χ3n) is 3.24. The van der Waals surface area contributed by atoms with Crippen molar-refractivity contribution in [3.8, 4) is 11.3 Å². The molecule has 0 aliphatic carbocycles. The van der Waals surface area contributed by atoms with E-state index in [2.05, 4.69) is 10.3 Å². The average molecular weight is 363 g/mol. The van der Waals surface area contributed by atoms with E-state index in [1.54, 1.807) is 30.3 Å². The van der Waals surface area contributed by atoms with Crippen molar-refractivity contribution in [2.45, 2.75) is 6.92 Å². The van der Waals surface area contributed by atoms with Crippen LogP contribution in [-0.2, 0) is 0 Å². The molecule has 1 aromatic heterocycles. The summed E-state index contributed by atoms with van der Waals surface area (Å²) in [5.41, 5.74) is 3.12. The van der Waals surface area contributed by atoms with Crippen molar-refractivity contribution in [2.75, 3.05) is 5.32 Å². The first-order valence-corrected chi connectivity index (χ1v) is 8.45. The van der Waals surface area contributed by atoms with Crippen molar-refractivity contribution in [1.82, 2.24) is 4.98 Å². The highest BCUT2D eigenvalue weighted by Gasteiger charge is 2.12. The van der Waals surface area contributed by atoms with Gasteiger partial charge in [0.05, 0.1) is 10.7 Å². The maximum absolute atomic E-state index is 12.2. The molecule has 0 aliphatic rings. The van der Waals surface area contributed by atoms with Crippen molar-refractivity contribution < 1.29 is 4.79 Å². The van der Waals surface area contributed by atoms with E-state index in [4.69, 9.17) is 23.2 Å². The molecule has 3 nitrogen and oxygen atoms in total. The second kappa shape index (κ2) is 6.71. The van der Waals surface area contributed by atoms with Crippen LogP contribution in [0.15, 0.2) is 47.8 Å². The van der Waals surface area contributed by atoms with Gasteiger partial charge in [-0.2, -0.15) is 0 Å². The van der Waals surface area contributed by atoms with Gasteiger partial charge < -0.3 is 0 Å². The molecule has 0 aliphatic heterocycles. The summed E-state index contributed by atoms with van der Waals surface area (Å²) in [6.45, 7) is 1.98. The Balaban J connectivity index is 1.81. The van der Waals surface area contributed by atoms with Crippen LogP contribution in [0.25, 0.3) is 11.3 Å². The van der Waals surface area contributed by atoms with Gasteiger partial charge in [0.25, 0.3) is 5.91 Å². The van der Waals surface area contributed by atoms with E-state index in [9.17, 15) is 4.79 Å². The number of aryl methyl sites for hydroxylation is 1. The summed E-state index contributed by atoms with van der Waals surface area (Å²) >= 11 is 13.5. The number of nitrogens with one attached hydrogen (secondary N) is 1. The molecule has 3 rings (SSSR count). The number of benzene rings is 2. The molecule has 116 valence electrons. The van der Waals surface area contributed by atoms with E-state index in [1.165, 1.54) is 11.3 Å².